The van der Waals surface area contributed by atoms with E-state index >= 15 is 0 Å². The van der Waals surface area contributed by atoms with Crippen LogP contribution in [0.3, 0.4) is 0 Å². The van der Waals surface area contributed by atoms with Gasteiger partial charge < -0.3 is 9.64 Å². The van der Waals surface area contributed by atoms with Crippen LogP contribution in [0, 0.1) is 5.92 Å². The maximum atomic E-state index is 11.8. The van der Waals surface area contributed by atoms with Crippen LogP contribution >= 0.6 is 0 Å². The summed E-state index contributed by atoms with van der Waals surface area (Å²) in [5, 5.41) is 0. The Hall–Kier alpha value is -1.61. The van der Waals surface area contributed by atoms with Gasteiger partial charge in [0.1, 0.15) is 6.54 Å². The summed E-state index contributed by atoms with van der Waals surface area (Å²) < 4.78 is 5.60. The van der Waals surface area contributed by atoms with Crippen LogP contribution in [0.25, 0.3) is 6.08 Å². The Bertz CT molecular complexity index is 461. The van der Waals surface area contributed by atoms with E-state index in [2.05, 4.69) is 0 Å². The molecule has 1 atom stereocenters. The van der Waals surface area contributed by atoms with Crippen LogP contribution in [0.1, 0.15) is 18.4 Å². The number of fused-ring (bicyclic) bond motifs is 3. The zero-order chi connectivity index (χ0) is 13.1. The molecule has 1 N–H and O–H groups in total. The summed E-state index contributed by atoms with van der Waals surface area (Å²) in [6.07, 6.45) is 5.90. The molecule has 0 aromatic heterocycles. The molecule has 0 radical (unpaired) electrons. The second-order valence-corrected chi connectivity index (χ2v) is 5.51. The number of hydrogen-bond donors (Lipinski definition) is 1. The SMILES string of the molecule is O=C(/C=C/c1ccccc1)O[C@H]1C[NH+]2CCC1CC2. The number of quaternary nitrogens is 1. The monoisotopic (exact) mass is 258 g/mol. The minimum Gasteiger partial charge on any atom is -0.453 e. The van der Waals surface area contributed by atoms with Crippen molar-refractivity contribution in [3.8, 4) is 0 Å². The van der Waals surface area contributed by atoms with E-state index in [0.717, 1.165) is 12.1 Å². The molecule has 2 bridgehead atoms. The molecule has 0 amide bonds. The molecule has 3 fully saturated rings. The van der Waals surface area contributed by atoms with E-state index in [-0.39, 0.29) is 12.1 Å². The summed E-state index contributed by atoms with van der Waals surface area (Å²) >= 11 is 0. The Labute approximate surface area is 113 Å². The zero-order valence-electron chi connectivity index (χ0n) is 11.0. The van der Waals surface area contributed by atoms with Crippen molar-refractivity contribution in [1.29, 1.82) is 0 Å². The molecule has 4 rings (SSSR count). The quantitative estimate of drug-likeness (QED) is 0.645. The smallest absolute Gasteiger partial charge is 0.331 e. The van der Waals surface area contributed by atoms with Gasteiger partial charge in [0.15, 0.2) is 6.10 Å². The van der Waals surface area contributed by atoms with Crippen LogP contribution in [0.15, 0.2) is 36.4 Å². The summed E-state index contributed by atoms with van der Waals surface area (Å²) in [6.45, 7) is 3.49. The van der Waals surface area contributed by atoms with Gasteiger partial charge in [0, 0.05) is 24.8 Å². The molecule has 1 aromatic rings. The molecule has 3 nitrogen and oxygen atoms in total. The minimum absolute atomic E-state index is 0.130. The molecule has 1 aromatic carbocycles. The topological polar surface area (TPSA) is 30.7 Å². The molecule has 100 valence electrons. The van der Waals surface area contributed by atoms with Crippen molar-refractivity contribution in [1.82, 2.24) is 0 Å². The van der Waals surface area contributed by atoms with E-state index in [1.165, 1.54) is 25.9 Å². The highest BCUT2D eigenvalue weighted by atomic mass is 16.5. The summed E-state index contributed by atoms with van der Waals surface area (Å²) in [7, 11) is 0. The lowest BCUT2D eigenvalue weighted by atomic mass is 9.86. The molecule has 3 heterocycles. The highest BCUT2D eigenvalue weighted by Crippen LogP contribution is 2.21. The molecule has 3 heteroatoms. The molecular weight excluding hydrogens is 238 g/mol. The Balaban J connectivity index is 1.55. The maximum Gasteiger partial charge on any atom is 0.331 e. The predicted molar refractivity (Wildman–Crippen MR) is 73.6 cm³/mol. The fourth-order valence-electron chi connectivity index (χ4n) is 3.13. The lowest BCUT2D eigenvalue weighted by Gasteiger charge is -2.40. The van der Waals surface area contributed by atoms with Crippen molar-refractivity contribution in [3.05, 3.63) is 42.0 Å². The van der Waals surface area contributed by atoms with Gasteiger partial charge in [-0.2, -0.15) is 0 Å². The van der Waals surface area contributed by atoms with Gasteiger partial charge >= 0.3 is 5.97 Å². The molecule has 0 unspecified atom stereocenters. The van der Waals surface area contributed by atoms with Crippen LogP contribution in [0.2, 0.25) is 0 Å². The van der Waals surface area contributed by atoms with Gasteiger partial charge in [-0.3, -0.25) is 0 Å². The van der Waals surface area contributed by atoms with E-state index < -0.39 is 0 Å². The summed E-state index contributed by atoms with van der Waals surface area (Å²) in [6, 6.07) is 9.83. The van der Waals surface area contributed by atoms with E-state index in [1.54, 1.807) is 11.0 Å². The highest BCUT2D eigenvalue weighted by Gasteiger charge is 2.39. The molecular formula is C16H20NO2+. The van der Waals surface area contributed by atoms with Crippen LogP contribution in [-0.2, 0) is 9.53 Å². The van der Waals surface area contributed by atoms with Gasteiger partial charge in [-0.25, -0.2) is 4.79 Å². The second-order valence-electron chi connectivity index (χ2n) is 5.51. The molecule has 0 aliphatic carbocycles. The first-order chi connectivity index (χ1) is 9.31. The van der Waals surface area contributed by atoms with Gasteiger partial charge in [-0.15, -0.1) is 0 Å². The van der Waals surface area contributed by atoms with Crippen LogP contribution in [0.5, 0.6) is 0 Å². The van der Waals surface area contributed by atoms with Crippen LogP contribution in [-0.4, -0.2) is 31.7 Å². The maximum absolute atomic E-state index is 11.8. The molecule has 3 aliphatic heterocycles. The van der Waals surface area contributed by atoms with Crippen LogP contribution < -0.4 is 4.90 Å². The van der Waals surface area contributed by atoms with Gasteiger partial charge in [0.05, 0.1) is 13.1 Å². The number of carbonyl (C=O) groups is 1. The largest absolute Gasteiger partial charge is 0.453 e. The van der Waals surface area contributed by atoms with E-state index in [1.807, 2.05) is 36.4 Å². The number of ether oxygens (including phenoxy) is 1. The second kappa shape index (κ2) is 5.57. The van der Waals surface area contributed by atoms with Crippen molar-refractivity contribution in [2.75, 3.05) is 19.6 Å². The number of hydrogen-bond acceptors (Lipinski definition) is 2. The first-order valence-electron chi connectivity index (χ1n) is 7.08. The van der Waals surface area contributed by atoms with Gasteiger partial charge in [0.2, 0.25) is 0 Å². The molecule has 0 spiro atoms. The average molecular weight is 258 g/mol. The lowest BCUT2D eigenvalue weighted by Crippen LogP contribution is -3.16. The third-order valence-corrected chi connectivity index (χ3v) is 4.23. The van der Waals surface area contributed by atoms with Crippen molar-refractivity contribution < 1.29 is 14.4 Å². The number of nitrogens with one attached hydrogen (secondary N) is 1. The summed E-state index contributed by atoms with van der Waals surface area (Å²) in [4.78, 5) is 13.4. The molecule has 3 aliphatic rings. The first-order valence-corrected chi connectivity index (χ1v) is 7.08. The normalized spacial score (nSPS) is 29.6. The highest BCUT2D eigenvalue weighted by molar-refractivity contribution is 5.87. The van der Waals surface area contributed by atoms with Gasteiger partial charge in [0.25, 0.3) is 0 Å². The van der Waals surface area contributed by atoms with Crippen LogP contribution in [0.4, 0.5) is 0 Å². The average Bonchev–Trinajstić information content (AvgIpc) is 2.47. The number of benzene rings is 1. The fourth-order valence-corrected chi connectivity index (χ4v) is 3.13. The van der Waals surface area contributed by atoms with Crippen molar-refractivity contribution >= 4 is 12.0 Å². The summed E-state index contributed by atoms with van der Waals surface area (Å²) in [5.74, 6) is 0.383. The Kier molecular flexibility index (Phi) is 3.65. The van der Waals surface area contributed by atoms with Crippen molar-refractivity contribution in [2.45, 2.75) is 18.9 Å². The van der Waals surface area contributed by atoms with E-state index in [9.17, 15) is 4.79 Å². The molecule has 19 heavy (non-hydrogen) atoms. The van der Waals surface area contributed by atoms with E-state index in [4.69, 9.17) is 4.74 Å². The number of rotatable bonds is 3. The standard InChI is InChI=1S/C16H19NO2/c18-16(7-6-13-4-2-1-3-5-13)19-15-12-17-10-8-14(15)9-11-17/h1-7,14-15H,8-12H2/p+1/b7-6+/t15-/m0/s1. The van der Waals surface area contributed by atoms with Crippen molar-refractivity contribution in [2.24, 2.45) is 5.92 Å². The number of esters is 1. The lowest BCUT2D eigenvalue weighted by molar-refractivity contribution is -0.920. The Morgan fingerprint density at radius 3 is 2.58 bits per heavy atom. The number of carbonyl (C=O) groups excluding carboxylic acids is 1. The molecule has 0 saturated carbocycles. The van der Waals surface area contributed by atoms with Crippen molar-refractivity contribution in [3.63, 3.8) is 0 Å². The summed E-state index contributed by atoms with van der Waals surface area (Å²) in [5.41, 5.74) is 1.03. The molecule has 3 saturated heterocycles. The minimum atomic E-state index is -0.206. The number of piperidine rings is 3. The van der Waals surface area contributed by atoms with Gasteiger partial charge in [-0.1, -0.05) is 30.3 Å². The zero-order valence-corrected chi connectivity index (χ0v) is 11.0. The predicted octanol–water partition coefficient (Wildman–Crippen LogP) is 0.920. The fraction of sp³-hybridized carbons (Fsp3) is 0.438. The third-order valence-electron chi connectivity index (χ3n) is 4.23. The Morgan fingerprint density at radius 2 is 1.95 bits per heavy atom. The first kappa shape index (κ1) is 12.4. The van der Waals surface area contributed by atoms with E-state index in [0.29, 0.717) is 5.92 Å². The Morgan fingerprint density at radius 1 is 1.21 bits per heavy atom. The van der Waals surface area contributed by atoms with Gasteiger partial charge in [-0.05, 0) is 11.6 Å². The third kappa shape index (κ3) is 3.04.